The topological polar surface area (TPSA) is 91.3 Å². The van der Waals surface area contributed by atoms with E-state index in [0.717, 1.165) is 5.56 Å². The molecule has 0 radical (unpaired) electrons. The number of hydrogen-bond donors (Lipinski definition) is 1. The zero-order chi connectivity index (χ0) is 25.7. The molecule has 1 aliphatic heterocycles. The van der Waals surface area contributed by atoms with Crippen LogP contribution in [0.1, 0.15) is 33.2 Å². The minimum absolute atomic E-state index is 0.104. The first kappa shape index (κ1) is 26.1. The lowest BCUT2D eigenvalue weighted by molar-refractivity contribution is -0.289. The average Bonchev–Trinajstić information content (AvgIpc) is 2.87. The van der Waals surface area contributed by atoms with Gasteiger partial charge in [-0.1, -0.05) is 53.5 Å². The minimum Gasteiger partial charge on any atom is -0.452 e. The summed E-state index contributed by atoms with van der Waals surface area (Å²) in [7, 11) is 0. The highest BCUT2D eigenvalue weighted by Crippen LogP contribution is 2.29. The molecule has 7 nitrogen and oxygen atoms in total. The van der Waals surface area contributed by atoms with E-state index in [1.54, 1.807) is 31.2 Å². The zero-order valence-corrected chi connectivity index (χ0v) is 20.8. The van der Waals surface area contributed by atoms with E-state index in [1.807, 2.05) is 30.3 Å². The van der Waals surface area contributed by atoms with Crippen molar-refractivity contribution >= 4 is 35.1 Å². The average molecular weight is 531 g/mol. The lowest BCUT2D eigenvalue weighted by Gasteiger charge is -2.42. The van der Waals surface area contributed by atoms with Crippen molar-refractivity contribution in [1.82, 2.24) is 0 Å². The number of aliphatic hydroxyl groups is 1. The fourth-order valence-corrected chi connectivity index (χ4v) is 4.04. The quantitative estimate of drug-likeness (QED) is 0.426. The van der Waals surface area contributed by atoms with Crippen molar-refractivity contribution in [3.8, 4) is 0 Å². The third-order valence-corrected chi connectivity index (χ3v) is 6.18. The molecule has 3 aromatic rings. The molecule has 0 aromatic heterocycles. The molecule has 0 unspecified atom stereocenters. The van der Waals surface area contributed by atoms with Crippen LogP contribution in [0.15, 0.2) is 78.9 Å². The Hall–Kier alpha value is -2.94. The van der Waals surface area contributed by atoms with Crippen LogP contribution in [0.2, 0.25) is 10.0 Å². The van der Waals surface area contributed by atoms with E-state index in [1.165, 1.54) is 24.3 Å². The number of benzene rings is 3. The smallest absolute Gasteiger partial charge is 0.338 e. The van der Waals surface area contributed by atoms with Crippen LogP contribution in [-0.4, -0.2) is 47.8 Å². The monoisotopic (exact) mass is 530 g/mol. The van der Waals surface area contributed by atoms with Crippen LogP contribution in [0.25, 0.3) is 0 Å². The lowest BCUT2D eigenvalue weighted by atomic mass is 9.98. The van der Waals surface area contributed by atoms with Crippen LogP contribution in [-0.2, 0) is 25.6 Å². The Balaban J connectivity index is 1.60. The Morgan fingerprint density at radius 1 is 0.778 bits per heavy atom. The largest absolute Gasteiger partial charge is 0.452 e. The van der Waals surface area contributed by atoms with Gasteiger partial charge < -0.3 is 24.1 Å². The molecule has 0 bridgehead atoms. The van der Waals surface area contributed by atoms with Gasteiger partial charge in [-0.25, -0.2) is 9.59 Å². The number of carbonyl (C=O) groups excluding carboxylic acids is 2. The van der Waals surface area contributed by atoms with Crippen LogP contribution >= 0.6 is 23.2 Å². The number of rotatable bonds is 7. The van der Waals surface area contributed by atoms with Crippen LogP contribution < -0.4 is 0 Å². The van der Waals surface area contributed by atoms with Gasteiger partial charge in [0.05, 0.1) is 23.8 Å². The predicted octanol–water partition coefficient (Wildman–Crippen LogP) is 5.07. The maximum Gasteiger partial charge on any atom is 0.338 e. The second-order valence-electron chi connectivity index (χ2n) is 8.25. The van der Waals surface area contributed by atoms with E-state index in [9.17, 15) is 14.7 Å². The molecule has 0 spiro atoms. The molecule has 1 fully saturated rings. The Bertz CT molecular complexity index is 1170. The Labute approximate surface area is 218 Å². The van der Waals surface area contributed by atoms with Gasteiger partial charge in [-0.05, 0) is 61.0 Å². The summed E-state index contributed by atoms with van der Waals surface area (Å²) in [5.74, 6) is -1.36. The number of hydrogen-bond acceptors (Lipinski definition) is 7. The summed E-state index contributed by atoms with van der Waals surface area (Å²) in [6.07, 6.45) is -5.63. The minimum atomic E-state index is -1.43. The maximum atomic E-state index is 13.0. The fraction of sp³-hybridized carbons (Fsp3) is 0.259. The Kier molecular flexibility index (Phi) is 8.61. The zero-order valence-electron chi connectivity index (χ0n) is 19.3. The van der Waals surface area contributed by atoms with Gasteiger partial charge in [-0.2, -0.15) is 0 Å². The summed E-state index contributed by atoms with van der Waals surface area (Å²) in [5, 5.41) is 11.6. The summed E-state index contributed by atoms with van der Waals surface area (Å²) >= 11 is 11.8. The van der Waals surface area contributed by atoms with Crippen molar-refractivity contribution in [2.45, 2.75) is 44.2 Å². The number of ether oxygens (including phenoxy) is 4. The second-order valence-corrected chi connectivity index (χ2v) is 9.12. The fourth-order valence-electron chi connectivity index (χ4n) is 3.79. The van der Waals surface area contributed by atoms with Gasteiger partial charge >= 0.3 is 11.9 Å². The van der Waals surface area contributed by atoms with Crippen molar-refractivity contribution in [1.29, 1.82) is 0 Å². The van der Waals surface area contributed by atoms with Crippen LogP contribution in [0, 0.1) is 0 Å². The highest BCUT2D eigenvalue weighted by Gasteiger charge is 2.49. The van der Waals surface area contributed by atoms with E-state index >= 15 is 0 Å². The first-order valence-electron chi connectivity index (χ1n) is 11.2. The van der Waals surface area contributed by atoms with Crippen LogP contribution in [0.4, 0.5) is 0 Å². The lowest BCUT2D eigenvalue weighted by Crippen LogP contribution is -2.60. The molecule has 0 saturated carbocycles. The Morgan fingerprint density at radius 3 is 1.81 bits per heavy atom. The predicted molar refractivity (Wildman–Crippen MR) is 133 cm³/mol. The third-order valence-electron chi connectivity index (χ3n) is 5.68. The highest BCUT2D eigenvalue weighted by atomic mass is 35.5. The number of aliphatic hydroxyl groups excluding tert-OH is 1. The van der Waals surface area contributed by atoms with Gasteiger partial charge in [0.25, 0.3) is 0 Å². The van der Waals surface area contributed by atoms with E-state index in [2.05, 4.69) is 0 Å². The Morgan fingerprint density at radius 2 is 1.28 bits per heavy atom. The van der Waals surface area contributed by atoms with Gasteiger partial charge in [0.2, 0.25) is 0 Å². The van der Waals surface area contributed by atoms with Crippen molar-refractivity contribution in [2.75, 3.05) is 0 Å². The van der Waals surface area contributed by atoms with Gasteiger partial charge in [-0.3, -0.25) is 0 Å². The number of carbonyl (C=O) groups is 2. The first-order valence-corrected chi connectivity index (χ1v) is 12.0. The molecular formula is C27H24Cl2O7. The van der Waals surface area contributed by atoms with Crippen molar-refractivity contribution < 1.29 is 33.6 Å². The summed E-state index contributed by atoms with van der Waals surface area (Å²) in [4.78, 5) is 25.9. The SMILES string of the molecule is C[C@@H]1O[C@@H](O)[C@@H](OCc2ccccc2)[C@H](OC(=O)c2ccc(Cl)cc2)[C@@H]1OC(=O)c1ccc(Cl)cc1. The molecule has 188 valence electrons. The van der Waals surface area contributed by atoms with E-state index in [4.69, 9.17) is 42.1 Å². The molecule has 1 heterocycles. The number of halogens is 2. The molecule has 5 atom stereocenters. The molecule has 4 rings (SSSR count). The van der Waals surface area contributed by atoms with Gasteiger partial charge in [-0.15, -0.1) is 0 Å². The van der Waals surface area contributed by atoms with Gasteiger partial charge in [0, 0.05) is 10.0 Å². The molecule has 1 N–H and O–H groups in total. The summed E-state index contributed by atoms with van der Waals surface area (Å²) in [6, 6.07) is 21.6. The van der Waals surface area contributed by atoms with Crippen molar-refractivity contribution in [3.05, 3.63) is 106 Å². The highest BCUT2D eigenvalue weighted by molar-refractivity contribution is 6.31. The molecule has 0 amide bonds. The maximum absolute atomic E-state index is 13.0. The van der Waals surface area contributed by atoms with Crippen molar-refractivity contribution in [3.63, 3.8) is 0 Å². The normalized spacial score (nSPS) is 23.6. The van der Waals surface area contributed by atoms with Gasteiger partial charge in [0.15, 0.2) is 18.5 Å². The number of esters is 2. The van der Waals surface area contributed by atoms with E-state index < -0.39 is 42.6 Å². The second kappa shape index (κ2) is 11.9. The summed E-state index contributed by atoms with van der Waals surface area (Å²) < 4.78 is 23.1. The molecule has 36 heavy (non-hydrogen) atoms. The molecule has 0 aliphatic carbocycles. The molecule has 9 heteroatoms. The van der Waals surface area contributed by atoms with E-state index in [-0.39, 0.29) is 17.7 Å². The summed E-state index contributed by atoms with van der Waals surface area (Å²) in [6.45, 7) is 1.72. The van der Waals surface area contributed by atoms with Crippen LogP contribution in [0.5, 0.6) is 0 Å². The third kappa shape index (κ3) is 6.43. The van der Waals surface area contributed by atoms with E-state index in [0.29, 0.717) is 10.0 Å². The standard InChI is InChI=1S/C27H24Cl2O7/c1-16-22(35-25(30)18-7-11-20(28)12-8-18)23(36-26(31)19-9-13-21(29)14-10-19)24(27(32)34-16)33-15-17-5-3-2-4-6-17/h2-14,16,22-24,27,32H,15H2,1H3/t16-,22+,23+,24-,27+/m0/s1. The molecule has 3 aromatic carbocycles. The molecule has 1 aliphatic rings. The molecule has 1 saturated heterocycles. The van der Waals surface area contributed by atoms with Crippen LogP contribution in [0.3, 0.4) is 0 Å². The van der Waals surface area contributed by atoms with Crippen molar-refractivity contribution in [2.24, 2.45) is 0 Å². The first-order chi connectivity index (χ1) is 17.3. The molecular weight excluding hydrogens is 507 g/mol. The summed E-state index contributed by atoms with van der Waals surface area (Å²) in [5.41, 5.74) is 1.32. The van der Waals surface area contributed by atoms with Gasteiger partial charge in [0.1, 0.15) is 6.10 Å².